The van der Waals surface area contributed by atoms with Crippen LogP contribution in [0.3, 0.4) is 0 Å². The third-order valence-electron chi connectivity index (χ3n) is 4.90. The summed E-state index contributed by atoms with van der Waals surface area (Å²) in [6.07, 6.45) is 7.07. The molecule has 2 rings (SSSR count). The molecule has 0 fully saturated rings. The second-order valence-corrected chi connectivity index (χ2v) is 7.28. The monoisotopic (exact) mass is 430 g/mol. The van der Waals surface area contributed by atoms with Crippen LogP contribution in [0.5, 0.6) is 0 Å². The molecular formula is C24H28F2N2O3. The number of nitrogens with zero attached hydrogens (tertiary/aromatic N) is 1. The van der Waals surface area contributed by atoms with Gasteiger partial charge in [-0.1, -0.05) is 44.7 Å². The van der Waals surface area contributed by atoms with Gasteiger partial charge < -0.3 is 10.4 Å². The van der Waals surface area contributed by atoms with Gasteiger partial charge in [-0.15, -0.1) is 0 Å². The molecule has 2 N–H and O–H groups in total. The fraction of sp³-hybridized carbons (Fsp3) is 0.333. The van der Waals surface area contributed by atoms with Crippen molar-refractivity contribution in [1.29, 1.82) is 0 Å². The van der Waals surface area contributed by atoms with E-state index in [0.717, 1.165) is 37.5 Å². The predicted molar refractivity (Wildman–Crippen MR) is 119 cm³/mol. The molecular weight excluding hydrogens is 402 g/mol. The number of carbonyl (C=O) groups excluding carboxylic acids is 1. The van der Waals surface area contributed by atoms with Gasteiger partial charge in [0, 0.05) is 30.9 Å². The largest absolute Gasteiger partial charge is 0.478 e. The van der Waals surface area contributed by atoms with E-state index in [1.54, 1.807) is 31.3 Å². The first-order valence-corrected chi connectivity index (χ1v) is 10.4. The second-order valence-electron chi connectivity index (χ2n) is 7.28. The average Bonchev–Trinajstić information content (AvgIpc) is 2.74. The summed E-state index contributed by atoms with van der Waals surface area (Å²) in [4.78, 5) is 24.4. The van der Waals surface area contributed by atoms with Crippen molar-refractivity contribution >= 4 is 23.8 Å². The molecule has 0 heterocycles. The van der Waals surface area contributed by atoms with Crippen LogP contribution in [0.25, 0.3) is 17.2 Å². The molecule has 0 radical (unpaired) electrons. The van der Waals surface area contributed by atoms with Gasteiger partial charge in [0.1, 0.15) is 11.6 Å². The van der Waals surface area contributed by atoms with Gasteiger partial charge in [-0.3, -0.25) is 4.90 Å². The molecule has 0 saturated heterocycles. The molecule has 0 aliphatic rings. The van der Waals surface area contributed by atoms with Gasteiger partial charge in [-0.25, -0.2) is 18.4 Å². The number of hydrogen-bond donors (Lipinski definition) is 2. The molecule has 2 aromatic rings. The highest BCUT2D eigenvalue weighted by Gasteiger charge is 2.14. The standard InChI is InChI=1S/C24H28F2N2O3/c1-3-4-5-6-7-13-27-24(31)28(2)19-10-8-9-17(14-19)18-15-21(25)20(22(26)16-18)11-12-23(29)30/h8-12,14-16H,3-7,13H2,1-2H3,(H,27,31)(H,29,30). The van der Waals surface area contributed by atoms with Crippen LogP contribution in [0.1, 0.15) is 44.6 Å². The summed E-state index contributed by atoms with van der Waals surface area (Å²) >= 11 is 0. The number of nitrogens with one attached hydrogen (secondary N) is 1. The quantitative estimate of drug-likeness (QED) is 0.367. The van der Waals surface area contributed by atoms with Gasteiger partial charge in [-0.2, -0.15) is 0 Å². The van der Waals surface area contributed by atoms with E-state index in [1.807, 2.05) is 0 Å². The summed E-state index contributed by atoms with van der Waals surface area (Å²) in [6, 6.07) is 8.82. The second kappa shape index (κ2) is 11.8. The number of benzene rings is 2. The fourth-order valence-electron chi connectivity index (χ4n) is 3.12. The van der Waals surface area contributed by atoms with Crippen LogP contribution >= 0.6 is 0 Å². The van der Waals surface area contributed by atoms with Gasteiger partial charge in [0.15, 0.2) is 0 Å². The number of halogens is 2. The van der Waals surface area contributed by atoms with E-state index in [9.17, 15) is 18.4 Å². The summed E-state index contributed by atoms with van der Waals surface area (Å²) in [5.74, 6) is -3.03. The molecule has 0 saturated carbocycles. The van der Waals surface area contributed by atoms with Crippen molar-refractivity contribution in [3.63, 3.8) is 0 Å². The first-order chi connectivity index (χ1) is 14.8. The average molecular weight is 430 g/mol. The first-order valence-electron chi connectivity index (χ1n) is 10.4. The van der Waals surface area contributed by atoms with Crippen molar-refractivity contribution in [3.8, 4) is 11.1 Å². The zero-order valence-electron chi connectivity index (χ0n) is 17.8. The van der Waals surface area contributed by atoms with Crippen LogP contribution in [0, 0.1) is 11.6 Å². The van der Waals surface area contributed by atoms with Gasteiger partial charge in [0.2, 0.25) is 0 Å². The van der Waals surface area contributed by atoms with Crippen molar-refractivity contribution in [2.75, 3.05) is 18.5 Å². The van der Waals surface area contributed by atoms with E-state index in [4.69, 9.17) is 5.11 Å². The maximum Gasteiger partial charge on any atom is 0.328 e. The Balaban J connectivity index is 2.11. The van der Waals surface area contributed by atoms with Gasteiger partial charge in [0.05, 0.1) is 0 Å². The Morgan fingerprint density at radius 2 is 1.71 bits per heavy atom. The van der Waals surface area contributed by atoms with Crippen molar-refractivity contribution in [1.82, 2.24) is 5.32 Å². The Morgan fingerprint density at radius 1 is 1.03 bits per heavy atom. The minimum absolute atomic E-state index is 0.251. The lowest BCUT2D eigenvalue weighted by atomic mass is 10.0. The molecule has 0 aliphatic heterocycles. The van der Waals surface area contributed by atoms with Crippen LogP contribution < -0.4 is 10.2 Å². The number of hydrogen-bond acceptors (Lipinski definition) is 2. The van der Waals surface area contributed by atoms with Crippen LogP contribution in [-0.2, 0) is 4.79 Å². The molecule has 166 valence electrons. The predicted octanol–water partition coefficient (Wildman–Crippen LogP) is 5.85. The number of amides is 2. The van der Waals surface area contributed by atoms with Crippen LogP contribution in [-0.4, -0.2) is 30.7 Å². The molecule has 5 nitrogen and oxygen atoms in total. The summed E-state index contributed by atoms with van der Waals surface area (Å²) < 4.78 is 28.7. The number of anilines is 1. The van der Waals surface area contributed by atoms with Crippen molar-refractivity contribution in [3.05, 3.63) is 59.7 Å². The molecule has 7 heteroatoms. The molecule has 0 atom stereocenters. The van der Waals surface area contributed by atoms with Crippen molar-refractivity contribution in [2.45, 2.75) is 39.0 Å². The minimum atomic E-state index is -1.29. The Morgan fingerprint density at radius 3 is 2.35 bits per heavy atom. The Bertz CT molecular complexity index is 921. The van der Waals surface area contributed by atoms with Gasteiger partial charge >= 0.3 is 12.0 Å². The summed E-state index contributed by atoms with van der Waals surface area (Å²) in [5, 5.41) is 11.5. The summed E-state index contributed by atoms with van der Waals surface area (Å²) in [5.41, 5.74) is 0.978. The van der Waals surface area contributed by atoms with Crippen molar-refractivity contribution in [2.24, 2.45) is 0 Å². The maximum absolute atomic E-state index is 14.3. The first kappa shape index (κ1) is 24.1. The third kappa shape index (κ3) is 7.20. The highest BCUT2D eigenvalue weighted by molar-refractivity contribution is 5.92. The van der Waals surface area contributed by atoms with E-state index in [2.05, 4.69) is 12.2 Å². The van der Waals surface area contributed by atoms with E-state index in [-0.39, 0.29) is 11.6 Å². The molecule has 31 heavy (non-hydrogen) atoms. The van der Waals surface area contributed by atoms with Gasteiger partial charge in [-0.05, 0) is 47.9 Å². The lowest BCUT2D eigenvalue weighted by Gasteiger charge is -2.19. The summed E-state index contributed by atoms with van der Waals surface area (Å²) in [6.45, 7) is 2.74. The molecule has 0 aliphatic carbocycles. The van der Waals surface area contributed by atoms with E-state index in [1.165, 1.54) is 17.7 Å². The fourth-order valence-corrected chi connectivity index (χ4v) is 3.12. The van der Waals surface area contributed by atoms with Crippen molar-refractivity contribution < 1.29 is 23.5 Å². The van der Waals surface area contributed by atoms with Gasteiger partial charge in [0.25, 0.3) is 0 Å². The molecule has 0 aromatic heterocycles. The van der Waals surface area contributed by atoms with Crippen LogP contribution in [0.2, 0.25) is 0 Å². The number of unbranched alkanes of at least 4 members (excludes halogenated alkanes) is 4. The zero-order valence-corrected chi connectivity index (χ0v) is 17.8. The normalized spacial score (nSPS) is 11.0. The number of urea groups is 1. The highest BCUT2D eigenvalue weighted by atomic mass is 19.1. The highest BCUT2D eigenvalue weighted by Crippen LogP contribution is 2.28. The number of aliphatic carboxylic acids is 1. The third-order valence-corrected chi connectivity index (χ3v) is 4.90. The lowest BCUT2D eigenvalue weighted by molar-refractivity contribution is -0.131. The van der Waals surface area contributed by atoms with Crippen LogP contribution in [0.15, 0.2) is 42.5 Å². The molecule has 0 bridgehead atoms. The molecule has 2 amide bonds. The molecule has 2 aromatic carbocycles. The number of carboxylic acids is 1. The Labute approximate surface area is 181 Å². The number of carboxylic acid groups (broad SMARTS) is 1. The van der Waals surface area contributed by atoms with E-state index >= 15 is 0 Å². The van der Waals surface area contributed by atoms with Crippen LogP contribution in [0.4, 0.5) is 19.3 Å². The topological polar surface area (TPSA) is 69.6 Å². The molecule has 0 spiro atoms. The molecule has 0 unspecified atom stereocenters. The van der Waals surface area contributed by atoms with E-state index in [0.29, 0.717) is 23.9 Å². The smallest absolute Gasteiger partial charge is 0.328 e. The summed E-state index contributed by atoms with van der Waals surface area (Å²) in [7, 11) is 1.63. The minimum Gasteiger partial charge on any atom is -0.478 e. The zero-order chi connectivity index (χ0) is 22.8. The maximum atomic E-state index is 14.3. The lowest BCUT2D eigenvalue weighted by Crippen LogP contribution is -2.37. The Hall–Kier alpha value is -3.22. The Kier molecular flexibility index (Phi) is 9.18. The number of rotatable bonds is 10. The SMILES string of the molecule is CCCCCCCNC(=O)N(C)c1cccc(-c2cc(F)c(C=CC(=O)O)c(F)c2)c1. The van der Waals surface area contributed by atoms with E-state index < -0.39 is 23.2 Å². The number of carbonyl (C=O) groups is 2.